The van der Waals surface area contributed by atoms with Crippen LogP contribution < -0.4 is 0 Å². The summed E-state index contributed by atoms with van der Waals surface area (Å²) < 4.78 is 6.52. The van der Waals surface area contributed by atoms with E-state index in [1.54, 1.807) is 0 Å². The molecule has 0 amide bonds. The highest BCUT2D eigenvalue weighted by Gasteiger charge is 2.36. The molecule has 3 atom stereocenters. The fraction of sp³-hybridized carbons (Fsp3) is 0.345. The summed E-state index contributed by atoms with van der Waals surface area (Å²) in [6.45, 7) is 0. The average molecular weight is 429 g/mol. The first kappa shape index (κ1) is 22.1. The lowest BCUT2D eigenvalue weighted by molar-refractivity contribution is -0.137. The normalized spacial score (nSPS) is 23.3. The fourth-order valence-electron chi connectivity index (χ4n) is 4.95. The van der Waals surface area contributed by atoms with Gasteiger partial charge in [0.2, 0.25) is 0 Å². The van der Waals surface area contributed by atoms with Crippen LogP contribution in [0, 0.1) is 17.8 Å². The van der Waals surface area contributed by atoms with Crippen molar-refractivity contribution in [3.8, 4) is 0 Å². The van der Waals surface area contributed by atoms with Crippen LogP contribution in [0.15, 0.2) is 96.8 Å². The highest BCUT2D eigenvalue weighted by molar-refractivity contribution is 5.66. The zero-order valence-electron chi connectivity index (χ0n) is 18.5. The molecule has 2 aromatic rings. The van der Waals surface area contributed by atoms with Gasteiger partial charge in [0.15, 0.2) is 0 Å². The Morgan fingerprint density at radius 3 is 2.25 bits per heavy atom. The molecule has 3 nitrogen and oxygen atoms in total. The number of rotatable bonds is 10. The predicted molar refractivity (Wildman–Crippen MR) is 128 cm³/mol. The van der Waals surface area contributed by atoms with E-state index in [-0.39, 0.29) is 12.5 Å². The summed E-state index contributed by atoms with van der Waals surface area (Å²) in [5, 5.41) is 8.80. The molecule has 1 N–H and O–H groups in total. The molecule has 1 saturated carbocycles. The van der Waals surface area contributed by atoms with E-state index < -0.39 is 5.97 Å². The van der Waals surface area contributed by atoms with Gasteiger partial charge >= 0.3 is 5.97 Å². The van der Waals surface area contributed by atoms with Crippen LogP contribution in [0.3, 0.4) is 0 Å². The number of carboxylic acids is 1. The van der Waals surface area contributed by atoms with Crippen molar-refractivity contribution in [3.63, 3.8) is 0 Å². The van der Waals surface area contributed by atoms with E-state index in [0.717, 1.165) is 24.0 Å². The first-order valence-corrected chi connectivity index (χ1v) is 11.7. The van der Waals surface area contributed by atoms with E-state index in [9.17, 15) is 4.79 Å². The van der Waals surface area contributed by atoms with Crippen molar-refractivity contribution in [2.45, 2.75) is 44.6 Å². The molecular weight excluding hydrogens is 396 g/mol. The highest BCUT2D eigenvalue weighted by atomic mass is 16.5. The fourth-order valence-corrected chi connectivity index (χ4v) is 4.95. The Morgan fingerprint density at radius 1 is 0.969 bits per heavy atom. The number of aliphatic carboxylic acids is 1. The molecule has 0 aromatic heterocycles. The summed E-state index contributed by atoms with van der Waals surface area (Å²) in [6.07, 6.45) is 16.2. The molecule has 0 heterocycles. The van der Waals surface area contributed by atoms with Gasteiger partial charge in [-0.1, -0.05) is 85.0 Å². The molecule has 3 aliphatic rings. The largest absolute Gasteiger partial charge is 0.489 e. The third-order valence-electron chi connectivity index (χ3n) is 6.64. The Morgan fingerprint density at radius 2 is 1.66 bits per heavy atom. The lowest BCUT2D eigenvalue weighted by Gasteiger charge is -2.40. The minimum absolute atomic E-state index is 0.124. The number of hydrogen-bond acceptors (Lipinski definition) is 2. The standard InChI is InChI=1S/C29H32O3/c30-28(31)16-10-2-1-9-15-26-22-17-19-23(20-18-22)27(26)21-32-29(24-11-5-3-6-12-24)25-13-7-4-8-14-25/h1,3-9,11-14,17,19,21-23,26,29H,2,10,15-16,18,20H2,(H,30,31)/b9-1-,27-21-/t22-,23+,26-/m0/s1. The molecular formula is C29H32O3. The quantitative estimate of drug-likeness (QED) is 0.250. The van der Waals surface area contributed by atoms with Crippen molar-refractivity contribution in [2.24, 2.45) is 17.8 Å². The lowest BCUT2D eigenvalue weighted by atomic mass is 9.65. The van der Waals surface area contributed by atoms with E-state index in [1.807, 2.05) is 18.4 Å². The smallest absolute Gasteiger partial charge is 0.303 e. The minimum atomic E-state index is -0.720. The molecule has 166 valence electrons. The van der Waals surface area contributed by atoms with Gasteiger partial charge in [0.05, 0.1) is 6.26 Å². The van der Waals surface area contributed by atoms with Gasteiger partial charge in [0.1, 0.15) is 6.10 Å². The van der Waals surface area contributed by atoms with Gasteiger partial charge in [-0.2, -0.15) is 0 Å². The van der Waals surface area contributed by atoms with Crippen LogP contribution >= 0.6 is 0 Å². The van der Waals surface area contributed by atoms with E-state index >= 15 is 0 Å². The minimum Gasteiger partial charge on any atom is -0.489 e. The van der Waals surface area contributed by atoms with E-state index in [0.29, 0.717) is 24.2 Å². The van der Waals surface area contributed by atoms with Crippen LogP contribution in [0.25, 0.3) is 0 Å². The lowest BCUT2D eigenvalue weighted by Crippen LogP contribution is -2.30. The van der Waals surface area contributed by atoms with Crippen LogP contribution in [-0.2, 0) is 9.53 Å². The highest BCUT2D eigenvalue weighted by Crippen LogP contribution is 2.46. The number of fused-ring (bicyclic) bond motifs is 2. The zero-order chi connectivity index (χ0) is 22.2. The second kappa shape index (κ2) is 11.0. The molecule has 0 spiro atoms. The molecule has 0 radical (unpaired) electrons. The summed E-state index contributed by atoms with van der Waals surface area (Å²) in [6, 6.07) is 20.8. The summed E-state index contributed by atoms with van der Waals surface area (Å²) >= 11 is 0. The number of unbranched alkanes of at least 4 members (excludes halogenated alkanes) is 1. The first-order valence-electron chi connectivity index (χ1n) is 11.7. The number of benzene rings is 2. The Bertz CT molecular complexity index is 919. The Labute approximate surface area is 191 Å². The van der Waals surface area contributed by atoms with E-state index in [2.05, 4.69) is 72.8 Å². The van der Waals surface area contributed by atoms with E-state index in [1.165, 1.54) is 18.4 Å². The van der Waals surface area contributed by atoms with Gasteiger partial charge in [0.25, 0.3) is 0 Å². The molecule has 2 bridgehead atoms. The molecule has 32 heavy (non-hydrogen) atoms. The van der Waals surface area contributed by atoms with Crippen molar-refractivity contribution in [1.82, 2.24) is 0 Å². The molecule has 3 aliphatic carbocycles. The predicted octanol–water partition coefficient (Wildman–Crippen LogP) is 7.09. The van der Waals surface area contributed by atoms with Crippen molar-refractivity contribution in [2.75, 3.05) is 0 Å². The number of carbonyl (C=O) groups is 1. The summed E-state index contributed by atoms with van der Waals surface area (Å²) in [4.78, 5) is 10.7. The molecule has 0 saturated heterocycles. The van der Waals surface area contributed by atoms with Gasteiger partial charge in [-0.05, 0) is 60.6 Å². The first-order chi connectivity index (χ1) is 15.7. The van der Waals surface area contributed by atoms with Crippen LogP contribution in [-0.4, -0.2) is 11.1 Å². The maximum absolute atomic E-state index is 10.7. The molecule has 2 aromatic carbocycles. The van der Waals surface area contributed by atoms with Crippen molar-refractivity contribution >= 4 is 5.97 Å². The Balaban J connectivity index is 1.50. The Kier molecular flexibility index (Phi) is 7.60. The van der Waals surface area contributed by atoms with Crippen LogP contribution in [0.5, 0.6) is 0 Å². The SMILES string of the molecule is O=C(O)CCC/C=C\C[C@@H]1/C(=C\OC(c2ccccc2)c2ccccc2)[C@@H]2C=C[C@H]1CC2. The van der Waals surface area contributed by atoms with Gasteiger partial charge in [-0.3, -0.25) is 4.79 Å². The van der Waals surface area contributed by atoms with Crippen LogP contribution in [0.4, 0.5) is 0 Å². The third-order valence-corrected chi connectivity index (χ3v) is 6.64. The monoisotopic (exact) mass is 428 g/mol. The Hall–Kier alpha value is -3.07. The maximum Gasteiger partial charge on any atom is 0.303 e. The van der Waals surface area contributed by atoms with Crippen molar-refractivity contribution in [3.05, 3.63) is 108 Å². The molecule has 0 unspecified atom stereocenters. The molecule has 5 rings (SSSR count). The van der Waals surface area contributed by atoms with Gasteiger partial charge in [0, 0.05) is 12.3 Å². The molecule has 1 fully saturated rings. The number of carboxylic acid groups (broad SMARTS) is 1. The van der Waals surface area contributed by atoms with Crippen LogP contribution in [0.1, 0.15) is 55.8 Å². The summed E-state index contributed by atoms with van der Waals surface area (Å²) in [5.41, 5.74) is 3.71. The van der Waals surface area contributed by atoms with Gasteiger partial charge in [-0.15, -0.1) is 0 Å². The number of ether oxygens (including phenoxy) is 1. The van der Waals surface area contributed by atoms with E-state index in [4.69, 9.17) is 9.84 Å². The topological polar surface area (TPSA) is 46.5 Å². The molecule has 0 aliphatic heterocycles. The third kappa shape index (κ3) is 5.59. The van der Waals surface area contributed by atoms with Crippen LogP contribution in [0.2, 0.25) is 0 Å². The van der Waals surface area contributed by atoms with Gasteiger partial charge < -0.3 is 9.84 Å². The maximum atomic E-state index is 10.7. The average Bonchev–Trinajstić information content (AvgIpc) is 2.84. The number of allylic oxidation sites excluding steroid dienone is 5. The zero-order valence-corrected chi connectivity index (χ0v) is 18.5. The van der Waals surface area contributed by atoms with Gasteiger partial charge in [-0.25, -0.2) is 0 Å². The van der Waals surface area contributed by atoms with Crippen molar-refractivity contribution < 1.29 is 14.6 Å². The van der Waals surface area contributed by atoms with Crippen molar-refractivity contribution in [1.29, 1.82) is 0 Å². The number of hydrogen-bond donors (Lipinski definition) is 1. The molecule has 3 heteroatoms. The second-order valence-electron chi connectivity index (χ2n) is 8.79. The summed E-state index contributed by atoms with van der Waals surface area (Å²) in [7, 11) is 0. The second-order valence-corrected chi connectivity index (χ2v) is 8.79. The summed E-state index contributed by atoms with van der Waals surface area (Å²) in [5.74, 6) is 0.756.